The molecule has 1 aliphatic heterocycles. The molecule has 2 atom stereocenters. The summed E-state index contributed by atoms with van der Waals surface area (Å²) in [6.45, 7) is 7.24. The van der Waals surface area contributed by atoms with Gasteiger partial charge in [0.15, 0.2) is 11.5 Å². The molecule has 11 heteroatoms. The van der Waals surface area contributed by atoms with Gasteiger partial charge in [-0.05, 0) is 20.8 Å². The van der Waals surface area contributed by atoms with E-state index in [0.717, 1.165) is 17.8 Å². The van der Waals surface area contributed by atoms with Gasteiger partial charge in [-0.3, -0.25) is 4.79 Å². The SMILES string of the molecule is Cc1cn2cc(NC(=O)c3c(F)cc(N4C[C@@H](C)N[C@H](C)C4)c4nsnc34)cc(F)c2n1. The molecule has 4 aromatic rings. The van der Waals surface area contributed by atoms with E-state index in [4.69, 9.17) is 0 Å². The molecule has 0 saturated carbocycles. The quantitative estimate of drug-likeness (QED) is 0.491. The maximum Gasteiger partial charge on any atom is 0.261 e. The van der Waals surface area contributed by atoms with Crippen molar-refractivity contribution in [1.29, 1.82) is 0 Å². The van der Waals surface area contributed by atoms with E-state index in [1.54, 1.807) is 13.1 Å². The van der Waals surface area contributed by atoms with Crippen molar-refractivity contribution in [3.05, 3.63) is 47.4 Å². The largest absolute Gasteiger partial charge is 0.367 e. The smallest absolute Gasteiger partial charge is 0.261 e. The Bertz CT molecular complexity index is 1340. The van der Waals surface area contributed by atoms with E-state index in [9.17, 15) is 9.18 Å². The fraction of sp³-hybridized carbons (Fsp3) is 0.333. The number of pyridine rings is 1. The number of rotatable bonds is 3. The molecule has 3 aromatic heterocycles. The molecule has 1 fully saturated rings. The Labute approximate surface area is 186 Å². The monoisotopic (exact) mass is 457 g/mol. The van der Waals surface area contributed by atoms with Crippen molar-refractivity contribution in [2.75, 3.05) is 23.3 Å². The minimum atomic E-state index is -0.718. The van der Waals surface area contributed by atoms with Crippen molar-refractivity contribution in [2.45, 2.75) is 32.9 Å². The highest BCUT2D eigenvalue weighted by Gasteiger charge is 2.28. The van der Waals surface area contributed by atoms with Crippen molar-refractivity contribution >= 4 is 45.7 Å². The van der Waals surface area contributed by atoms with Crippen LogP contribution in [0, 0.1) is 18.6 Å². The van der Waals surface area contributed by atoms with E-state index in [1.807, 2.05) is 0 Å². The van der Waals surface area contributed by atoms with Crippen LogP contribution in [0.5, 0.6) is 0 Å². The van der Waals surface area contributed by atoms with Crippen molar-refractivity contribution < 1.29 is 13.6 Å². The lowest BCUT2D eigenvalue weighted by atomic mass is 10.1. The number of amides is 1. The van der Waals surface area contributed by atoms with Crippen LogP contribution in [-0.2, 0) is 0 Å². The number of benzene rings is 1. The lowest BCUT2D eigenvalue weighted by Gasteiger charge is -2.37. The number of aryl methyl sites for hydroxylation is 1. The molecule has 0 bridgehead atoms. The highest BCUT2D eigenvalue weighted by atomic mass is 32.1. The van der Waals surface area contributed by atoms with Crippen LogP contribution < -0.4 is 15.5 Å². The zero-order chi connectivity index (χ0) is 22.6. The molecule has 0 radical (unpaired) electrons. The summed E-state index contributed by atoms with van der Waals surface area (Å²) >= 11 is 0.925. The van der Waals surface area contributed by atoms with Crippen molar-refractivity contribution in [1.82, 2.24) is 23.4 Å². The molecule has 5 rings (SSSR count). The summed E-state index contributed by atoms with van der Waals surface area (Å²) in [5.74, 6) is -2.00. The molecule has 0 aliphatic carbocycles. The van der Waals surface area contributed by atoms with Gasteiger partial charge in [0.2, 0.25) is 0 Å². The highest BCUT2D eigenvalue weighted by Crippen LogP contribution is 2.32. The molecule has 1 saturated heterocycles. The molecule has 1 aliphatic rings. The molecule has 1 aromatic carbocycles. The van der Waals surface area contributed by atoms with Crippen LogP contribution in [0.2, 0.25) is 0 Å². The van der Waals surface area contributed by atoms with Gasteiger partial charge in [-0.1, -0.05) is 0 Å². The average molecular weight is 458 g/mol. The van der Waals surface area contributed by atoms with Gasteiger partial charge in [0.25, 0.3) is 5.91 Å². The van der Waals surface area contributed by atoms with E-state index in [2.05, 4.69) is 43.1 Å². The third kappa shape index (κ3) is 3.56. The first kappa shape index (κ1) is 20.7. The van der Waals surface area contributed by atoms with E-state index in [0.29, 0.717) is 30.0 Å². The molecular weight excluding hydrogens is 436 g/mol. The molecule has 0 spiro atoms. The van der Waals surface area contributed by atoms with Gasteiger partial charge < -0.3 is 19.9 Å². The number of hydrogen-bond acceptors (Lipinski definition) is 7. The first-order chi connectivity index (χ1) is 15.3. The standard InChI is InChI=1S/C21H21F2N7OS/c1-10-6-29(7-11(2)24-10)16-5-14(22)17(19-18(16)27-32-28-19)21(31)26-13-4-15(23)20-25-12(3)8-30(20)9-13/h4-5,8-11,24H,6-7H2,1-3H3,(H,26,31)/t10-,11-/m1/s1. The van der Waals surface area contributed by atoms with Crippen LogP contribution in [0.4, 0.5) is 20.2 Å². The summed E-state index contributed by atoms with van der Waals surface area (Å²) in [4.78, 5) is 19.2. The van der Waals surface area contributed by atoms with Gasteiger partial charge in [-0.15, -0.1) is 0 Å². The number of aromatic nitrogens is 4. The lowest BCUT2D eigenvalue weighted by Crippen LogP contribution is -2.54. The number of fused-ring (bicyclic) bond motifs is 2. The first-order valence-corrected chi connectivity index (χ1v) is 10.9. The van der Waals surface area contributed by atoms with Gasteiger partial charge in [-0.25, -0.2) is 13.8 Å². The number of halogens is 2. The fourth-order valence-electron chi connectivity index (χ4n) is 4.32. The van der Waals surface area contributed by atoms with Gasteiger partial charge in [0.1, 0.15) is 22.4 Å². The Hall–Kier alpha value is -3.18. The van der Waals surface area contributed by atoms with Crippen LogP contribution in [0.25, 0.3) is 16.7 Å². The number of nitrogens with zero attached hydrogens (tertiary/aromatic N) is 5. The van der Waals surface area contributed by atoms with Crippen molar-refractivity contribution in [2.24, 2.45) is 0 Å². The third-order valence-electron chi connectivity index (χ3n) is 5.48. The summed E-state index contributed by atoms with van der Waals surface area (Å²) in [5, 5.41) is 6.02. The van der Waals surface area contributed by atoms with Crippen LogP contribution in [-0.4, -0.2) is 49.2 Å². The summed E-state index contributed by atoms with van der Waals surface area (Å²) in [7, 11) is 0. The first-order valence-electron chi connectivity index (χ1n) is 10.2. The minimum absolute atomic E-state index is 0.154. The maximum atomic E-state index is 15.2. The van der Waals surface area contributed by atoms with Crippen LogP contribution in [0.15, 0.2) is 24.5 Å². The van der Waals surface area contributed by atoms with Gasteiger partial charge >= 0.3 is 0 Å². The van der Waals surface area contributed by atoms with E-state index in [-0.39, 0.29) is 34.5 Å². The summed E-state index contributed by atoms with van der Waals surface area (Å²) in [5.41, 5.74) is 2.06. The maximum absolute atomic E-state index is 15.2. The second kappa shape index (κ2) is 7.75. The molecular formula is C21H21F2N7OS. The van der Waals surface area contributed by atoms with Crippen LogP contribution >= 0.6 is 11.7 Å². The minimum Gasteiger partial charge on any atom is -0.367 e. The second-order valence-corrected chi connectivity index (χ2v) is 8.76. The number of carbonyl (C=O) groups excluding carboxylic acids is 1. The number of hydrogen-bond donors (Lipinski definition) is 2. The van der Waals surface area contributed by atoms with Crippen molar-refractivity contribution in [3.8, 4) is 0 Å². The zero-order valence-corrected chi connectivity index (χ0v) is 18.5. The Morgan fingerprint density at radius 1 is 1.12 bits per heavy atom. The molecule has 32 heavy (non-hydrogen) atoms. The number of carbonyl (C=O) groups is 1. The predicted octanol–water partition coefficient (Wildman–Crippen LogP) is 3.36. The highest BCUT2D eigenvalue weighted by molar-refractivity contribution is 7.00. The number of piperazine rings is 1. The number of imidazole rings is 1. The molecule has 0 unspecified atom stereocenters. The molecule has 2 N–H and O–H groups in total. The Morgan fingerprint density at radius 2 is 1.84 bits per heavy atom. The molecule has 166 valence electrons. The van der Waals surface area contributed by atoms with Crippen LogP contribution in [0.1, 0.15) is 29.9 Å². The average Bonchev–Trinajstić information content (AvgIpc) is 3.32. The summed E-state index contributed by atoms with van der Waals surface area (Å²) in [6.07, 6.45) is 3.17. The van der Waals surface area contributed by atoms with Gasteiger partial charge in [-0.2, -0.15) is 8.75 Å². The van der Waals surface area contributed by atoms with Crippen molar-refractivity contribution in [3.63, 3.8) is 0 Å². The molecule has 1 amide bonds. The number of nitrogens with one attached hydrogen (secondary N) is 2. The normalized spacial score (nSPS) is 19.1. The Morgan fingerprint density at radius 3 is 2.59 bits per heavy atom. The molecule has 8 nitrogen and oxygen atoms in total. The van der Waals surface area contributed by atoms with Crippen LogP contribution in [0.3, 0.4) is 0 Å². The van der Waals surface area contributed by atoms with E-state index >= 15 is 4.39 Å². The van der Waals surface area contributed by atoms with E-state index in [1.165, 1.54) is 16.7 Å². The Kier molecular flexibility index (Phi) is 5.01. The van der Waals surface area contributed by atoms with E-state index < -0.39 is 17.5 Å². The van der Waals surface area contributed by atoms with Gasteiger partial charge in [0, 0.05) is 49.7 Å². The van der Waals surface area contributed by atoms with Gasteiger partial charge in [0.05, 0.1) is 28.8 Å². The fourth-order valence-corrected chi connectivity index (χ4v) is 4.88. The Balaban J connectivity index is 1.51. The predicted molar refractivity (Wildman–Crippen MR) is 119 cm³/mol. The summed E-state index contributed by atoms with van der Waals surface area (Å²) < 4.78 is 39.6. The molecule has 4 heterocycles. The lowest BCUT2D eigenvalue weighted by molar-refractivity contribution is 0.102. The zero-order valence-electron chi connectivity index (χ0n) is 17.7. The topological polar surface area (TPSA) is 87.5 Å². The summed E-state index contributed by atoms with van der Waals surface area (Å²) in [6, 6.07) is 2.95. The second-order valence-electron chi connectivity index (χ2n) is 8.23. The number of anilines is 2. The third-order valence-corrected chi connectivity index (χ3v) is 6.01.